The molecule has 0 atom stereocenters. The predicted molar refractivity (Wildman–Crippen MR) is 98.1 cm³/mol. The smallest absolute Gasteiger partial charge is 0.277 e. The van der Waals surface area contributed by atoms with Crippen LogP contribution in [0.4, 0.5) is 0 Å². The minimum absolute atomic E-state index is 0.0682. The summed E-state index contributed by atoms with van der Waals surface area (Å²) in [6, 6.07) is 17.6. The van der Waals surface area contributed by atoms with E-state index in [9.17, 15) is 4.79 Å². The van der Waals surface area contributed by atoms with Crippen molar-refractivity contribution in [2.24, 2.45) is 5.10 Å². The van der Waals surface area contributed by atoms with Crippen LogP contribution in [0.3, 0.4) is 0 Å². The standard InChI is InChI=1S/C20H22N2O2/c1-16(2)18-11-6-12-19(14-18)24-15-20(23)22-21-13-7-10-17-8-4-3-5-9-17/h3-14,16H,15H2,1-2H3,(H,22,23)/b10-7+,21-13+. The van der Waals surface area contributed by atoms with Crippen LogP contribution in [0.25, 0.3) is 6.08 Å². The molecule has 2 rings (SSSR count). The summed E-state index contributed by atoms with van der Waals surface area (Å²) in [6.07, 6.45) is 5.20. The summed E-state index contributed by atoms with van der Waals surface area (Å²) < 4.78 is 5.48. The number of carbonyl (C=O) groups excluding carboxylic acids is 1. The van der Waals surface area contributed by atoms with Gasteiger partial charge < -0.3 is 4.74 Å². The molecule has 124 valence electrons. The molecule has 0 bridgehead atoms. The molecule has 4 nitrogen and oxygen atoms in total. The number of hydrazone groups is 1. The number of benzene rings is 2. The van der Waals surface area contributed by atoms with E-state index in [0.717, 1.165) is 5.56 Å². The average Bonchev–Trinajstić information content (AvgIpc) is 2.61. The molecule has 0 saturated carbocycles. The number of hydrogen-bond acceptors (Lipinski definition) is 3. The van der Waals surface area contributed by atoms with E-state index in [4.69, 9.17) is 4.74 Å². The fraction of sp³-hybridized carbons (Fsp3) is 0.200. The zero-order chi connectivity index (χ0) is 17.2. The van der Waals surface area contributed by atoms with Crippen molar-refractivity contribution in [3.05, 3.63) is 71.8 Å². The zero-order valence-corrected chi connectivity index (χ0v) is 14.0. The van der Waals surface area contributed by atoms with Crippen LogP contribution >= 0.6 is 0 Å². The third kappa shape index (κ3) is 6.08. The van der Waals surface area contributed by atoms with Crippen molar-refractivity contribution in [2.45, 2.75) is 19.8 Å². The van der Waals surface area contributed by atoms with Crippen LogP contribution in [-0.4, -0.2) is 18.7 Å². The second-order valence-corrected chi connectivity index (χ2v) is 5.60. The van der Waals surface area contributed by atoms with E-state index < -0.39 is 0 Å². The lowest BCUT2D eigenvalue weighted by atomic mass is 10.0. The third-order valence-corrected chi connectivity index (χ3v) is 3.33. The normalized spacial score (nSPS) is 11.3. The van der Waals surface area contributed by atoms with E-state index in [1.165, 1.54) is 11.8 Å². The number of amides is 1. The van der Waals surface area contributed by atoms with Crippen LogP contribution in [0.5, 0.6) is 5.75 Å². The Labute approximate surface area is 142 Å². The second kappa shape index (κ2) is 9.30. The van der Waals surface area contributed by atoms with Crippen LogP contribution in [0.15, 0.2) is 65.8 Å². The molecule has 0 aromatic heterocycles. The molecule has 0 aliphatic heterocycles. The van der Waals surface area contributed by atoms with Crippen molar-refractivity contribution in [1.29, 1.82) is 0 Å². The van der Waals surface area contributed by atoms with E-state index >= 15 is 0 Å². The monoisotopic (exact) mass is 322 g/mol. The van der Waals surface area contributed by atoms with Gasteiger partial charge in [-0.1, -0.05) is 62.4 Å². The number of allylic oxidation sites excluding steroid dienone is 1. The molecule has 1 N–H and O–H groups in total. The van der Waals surface area contributed by atoms with Gasteiger partial charge in [0, 0.05) is 6.21 Å². The summed E-state index contributed by atoms with van der Waals surface area (Å²) in [4.78, 5) is 11.7. The van der Waals surface area contributed by atoms with E-state index in [2.05, 4.69) is 24.4 Å². The Morgan fingerprint density at radius 1 is 1.17 bits per heavy atom. The maximum Gasteiger partial charge on any atom is 0.277 e. The summed E-state index contributed by atoms with van der Waals surface area (Å²) in [5.41, 5.74) is 4.68. The maximum atomic E-state index is 11.7. The molecule has 0 radical (unpaired) electrons. The predicted octanol–water partition coefficient (Wildman–Crippen LogP) is 4.00. The Morgan fingerprint density at radius 3 is 2.71 bits per heavy atom. The SMILES string of the molecule is CC(C)c1cccc(OCC(=O)N/N=C/C=C/c2ccccc2)c1. The van der Waals surface area contributed by atoms with E-state index in [1.807, 2.05) is 60.7 Å². The minimum Gasteiger partial charge on any atom is -0.484 e. The van der Waals surface area contributed by atoms with Gasteiger partial charge in [-0.05, 0) is 35.3 Å². The first kappa shape index (κ1) is 17.5. The maximum absolute atomic E-state index is 11.7. The van der Waals surface area contributed by atoms with Crippen molar-refractivity contribution in [1.82, 2.24) is 5.43 Å². The highest BCUT2D eigenvalue weighted by Crippen LogP contribution is 2.19. The van der Waals surface area contributed by atoms with Crippen molar-refractivity contribution in [2.75, 3.05) is 6.61 Å². The lowest BCUT2D eigenvalue weighted by Gasteiger charge is -2.09. The largest absolute Gasteiger partial charge is 0.484 e. The Bertz CT molecular complexity index is 707. The fourth-order valence-corrected chi connectivity index (χ4v) is 2.02. The molecule has 0 unspecified atom stereocenters. The molecular formula is C20H22N2O2. The van der Waals surface area contributed by atoms with Crippen molar-refractivity contribution in [3.8, 4) is 5.75 Å². The molecule has 0 saturated heterocycles. The first-order valence-electron chi connectivity index (χ1n) is 7.91. The average molecular weight is 322 g/mol. The Morgan fingerprint density at radius 2 is 1.96 bits per heavy atom. The number of ether oxygens (including phenoxy) is 1. The van der Waals surface area contributed by atoms with Crippen molar-refractivity contribution >= 4 is 18.2 Å². The van der Waals surface area contributed by atoms with Gasteiger partial charge in [0.2, 0.25) is 0 Å². The zero-order valence-electron chi connectivity index (χ0n) is 14.0. The molecule has 24 heavy (non-hydrogen) atoms. The first-order chi connectivity index (χ1) is 11.6. The van der Waals surface area contributed by atoms with Crippen molar-refractivity contribution in [3.63, 3.8) is 0 Å². The van der Waals surface area contributed by atoms with E-state index in [1.54, 1.807) is 6.08 Å². The minimum atomic E-state index is -0.297. The Balaban J connectivity index is 1.74. The molecule has 0 aliphatic carbocycles. The highest BCUT2D eigenvalue weighted by molar-refractivity contribution is 5.81. The molecular weight excluding hydrogens is 300 g/mol. The topological polar surface area (TPSA) is 50.7 Å². The van der Waals surface area contributed by atoms with Gasteiger partial charge in [-0.3, -0.25) is 4.79 Å². The fourth-order valence-electron chi connectivity index (χ4n) is 2.02. The van der Waals surface area contributed by atoms with Crippen LogP contribution < -0.4 is 10.2 Å². The molecule has 2 aromatic rings. The Hall–Kier alpha value is -2.88. The number of rotatable bonds is 7. The van der Waals surface area contributed by atoms with Gasteiger partial charge in [0.15, 0.2) is 6.61 Å². The molecule has 0 aliphatic rings. The first-order valence-corrected chi connectivity index (χ1v) is 7.91. The number of nitrogens with one attached hydrogen (secondary N) is 1. The van der Waals surface area contributed by atoms with Gasteiger partial charge in [-0.25, -0.2) is 5.43 Å². The van der Waals surface area contributed by atoms with Crippen LogP contribution in [0, 0.1) is 0 Å². The van der Waals surface area contributed by atoms with Gasteiger partial charge in [-0.15, -0.1) is 0 Å². The van der Waals surface area contributed by atoms with E-state index in [-0.39, 0.29) is 12.5 Å². The van der Waals surface area contributed by atoms with Crippen LogP contribution in [0.2, 0.25) is 0 Å². The molecule has 1 amide bonds. The second-order valence-electron chi connectivity index (χ2n) is 5.60. The summed E-state index contributed by atoms with van der Waals surface area (Å²) in [5.74, 6) is 0.807. The lowest BCUT2D eigenvalue weighted by Crippen LogP contribution is -2.24. The van der Waals surface area contributed by atoms with Gasteiger partial charge >= 0.3 is 0 Å². The third-order valence-electron chi connectivity index (χ3n) is 3.33. The highest BCUT2D eigenvalue weighted by atomic mass is 16.5. The van der Waals surface area contributed by atoms with Crippen LogP contribution in [0.1, 0.15) is 30.9 Å². The number of hydrogen-bond donors (Lipinski definition) is 1. The van der Waals surface area contributed by atoms with Gasteiger partial charge in [0.25, 0.3) is 5.91 Å². The molecule has 2 aromatic carbocycles. The quantitative estimate of drug-likeness (QED) is 0.618. The van der Waals surface area contributed by atoms with Crippen LogP contribution in [-0.2, 0) is 4.79 Å². The molecule has 4 heteroatoms. The summed E-state index contributed by atoms with van der Waals surface area (Å²) >= 11 is 0. The Kier molecular flexibility index (Phi) is 6.77. The van der Waals surface area contributed by atoms with Gasteiger partial charge in [0.1, 0.15) is 5.75 Å². The van der Waals surface area contributed by atoms with Gasteiger partial charge in [0.05, 0.1) is 0 Å². The van der Waals surface area contributed by atoms with Crippen molar-refractivity contribution < 1.29 is 9.53 Å². The van der Waals surface area contributed by atoms with Gasteiger partial charge in [-0.2, -0.15) is 5.10 Å². The summed E-state index contributed by atoms with van der Waals surface area (Å²) in [6.45, 7) is 4.16. The van der Waals surface area contributed by atoms with E-state index in [0.29, 0.717) is 11.7 Å². The number of carbonyl (C=O) groups is 1. The molecule has 0 spiro atoms. The molecule has 0 fully saturated rings. The summed E-state index contributed by atoms with van der Waals surface area (Å²) in [5, 5.41) is 3.85. The highest BCUT2D eigenvalue weighted by Gasteiger charge is 2.03. The number of nitrogens with zero attached hydrogens (tertiary/aromatic N) is 1. The summed E-state index contributed by atoms with van der Waals surface area (Å²) in [7, 11) is 0. The lowest BCUT2D eigenvalue weighted by molar-refractivity contribution is -0.123. The molecule has 0 heterocycles.